The second-order valence-electron chi connectivity index (χ2n) is 2.66. The third-order valence-corrected chi connectivity index (χ3v) is 3.53. The van der Waals surface area contributed by atoms with Crippen molar-refractivity contribution in [1.29, 1.82) is 5.26 Å². The van der Waals surface area contributed by atoms with Gasteiger partial charge in [-0.25, -0.2) is 4.98 Å². The molecule has 56 valence electrons. The lowest BCUT2D eigenvalue weighted by Crippen LogP contribution is -2.00. The molecule has 11 heavy (non-hydrogen) atoms. The van der Waals surface area contributed by atoms with Gasteiger partial charge in [-0.2, -0.15) is 5.26 Å². The predicted octanol–water partition coefficient (Wildman–Crippen LogP) is 2.46. The Hall–Kier alpha value is -0.400. The first-order chi connectivity index (χ1) is 5.27. The molecule has 2 rings (SSSR count). The number of nitrogens with zero attached hydrogens (tertiary/aromatic N) is 2. The largest absolute Gasteiger partial charge is 0.247 e. The van der Waals surface area contributed by atoms with E-state index in [0.29, 0.717) is 0 Å². The first kappa shape index (κ1) is 7.26. The van der Waals surface area contributed by atoms with Crippen LogP contribution in [0.5, 0.6) is 0 Å². The summed E-state index contributed by atoms with van der Waals surface area (Å²) >= 11 is 4.89. The third-order valence-electron chi connectivity index (χ3n) is 1.85. The van der Waals surface area contributed by atoms with E-state index in [1.807, 2.05) is 0 Å². The number of hydrogen-bond acceptors (Lipinski definition) is 3. The lowest BCUT2D eigenvalue weighted by Gasteiger charge is -1.96. The van der Waals surface area contributed by atoms with Gasteiger partial charge >= 0.3 is 0 Å². The van der Waals surface area contributed by atoms with Crippen LogP contribution in [0.4, 0.5) is 0 Å². The van der Waals surface area contributed by atoms with Crippen LogP contribution in [-0.2, 0) is 5.41 Å². The highest BCUT2D eigenvalue weighted by atomic mass is 79.9. The van der Waals surface area contributed by atoms with Gasteiger partial charge in [-0.3, -0.25) is 0 Å². The molecule has 0 atom stereocenters. The summed E-state index contributed by atoms with van der Waals surface area (Å²) in [6.07, 6.45) is 3.71. The van der Waals surface area contributed by atoms with Crippen LogP contribution in [0.2, 0.25) is 0 Å². The summed E-state index contributed by atoms with van der Waals surface area (Å²) in [4.78, 5) is 4.17. The van der Waals surface area contributed by atoms with Gasteiger partial charge in [0.05, 0.1) is 16.1 Å². The smallest absolute Gasteiger partial charge is 0.114 e. The third kappa shape index (κ3) is 1.09. The van der Waals surface area contributed by atoms with E-state index in [-0.39, 0.29) is 5.41 Å². The molecular weight excluding hydrogens is 224 g/mol. The van der Waals surface area contributed by atoms with E-state index >= 15 is 0 Å². The molecule has 4 heteroatoms. The van der Waals surface area contributed by atoms with E-state index in [1.165, 1.54) is 0 Å². The van der Waals surface area contributed by atoms with Crippen molar-refractivity contribution in [1.82, 2.24) is 4.98 Å². The second kappa shape index (κ2) is 2.29. The van der Waals surface area contributed by atoms with E-state index in [4.69, 9.17) is 5.26 Å². The molecule has 2 nitrogen and oxygen atoms in total. The molecule has 0 N–H and O–H groups in total. The van der Waals surface area contributed by atoms with Gasteiger partial charge < -0.3 is 0 Å². The SMILES string of the molecule is N#CC1(c2ncc(Br)s2)CC1. The molecule has 1 aromatic heterocycles. The summed E-state index contributed by atoms with van der Waals surface area (Å²) in [5, 5.41) is 9.79. The van der Waals surface area contributed by atoms with Crippen LogP contribution >= 0.6 is 27.3 Å². The van der Waals surface area contributed by atoms with E-state index in [0.717, 1.165) is 21.6 Å². The Morgan fingerprint density at radius 1 is 1.73 bits per heavy atom. The van der Waals surface area contributed by atoms with Gasteiger partial charge in [-0.1, -0.05) is 0 Å². The average molecular weight is 229 g/mol. The predicted molar refractivity (Wildman–Crippen MR) is 46.3 cm³/mol. The quantitative estimate of drug-likeness (QED) is 0.741. The molecule has 0 unspecified atom stereocenters. The normalized spacial score (nSPS) is 19.3. The molecule has 1 aromatic rings. The standard InChI is InChI=1S/C7H5BrN2S/c8-5-3-10-6(11-5)7(4-9)1-2-7/h3H,1-2H2. The summed E-state index contributed by atoms with van der Waals surface area (Å²) in [5.74, 6) is 0. The van der Waals surface area contributed by atoms with Crippen molar-refractivity contribution in [3.8, 4) is 6.07 Å². The Morgan fingerprint density at radius 3 is 2.82 bits per heavy atom. The van der Waals surface area contributed by atoms with Crippen LogP contribution in [0.25, 0.3) is 0 Å². The van der Waals surface area contributed by atoms with Gasteiger partial charge in [0.2, 0.25) is 0 Å². The summed E-state index contributed by atoms with van der Waals surface area (Å²) in [7, 11) is 0. The van der Waals surface area contributed by atoms with Crippen LogP contribution in [0.3, 0.4) is 0 Å². The fourth-order valence-electron chi connectivity index (χ4n) is 0.974. The first-order valence-corrected chi connectivity index (χ1v) is 4.91. The molecule has 1 saturated carbocycles. The van der Waals surface area contributed by atoms with Crippen molar-refractivity contribution >= 4 is 27.3 Å². The van der Waals surface area contributed by atoms with Crippen LogP contribution in [0.15, 0.2) is 9.98 Å². The Kier molecular flexibility index (Phi) is 1.51. The Balaban J connectivity index is 2.38. The fraction of sp³-hybridized carbons (Fsp3) is 0.429. The van der Waals surface area contributed by atoms with Crippen LogP contribution < -0.4 is 0 Å². The molecule has 0 radical (unpaired) electrons. The summed E-state index contributed by atoms with van der Waals surface area (Å²) in [5.41, 5.74) is -0.212. The molecule has 1 aliphatic rings. The minimum absolute atomic E-state index is 0.212. The number of halogens is 1. The zero-order valence-electron chi connectivity index (χ0n) is 5.67. The van der Waals surface area contributed by atoms with Gasteiger partial charge in [-0.15, -0.1) is 11.3 Å². The maximum absolute atomic E-state index is 8.82. The molecule has 0 bridgehead atoms. The maximum atomic E-state index is 8.82. The highest BCUT2D eigenvalue weighted by Crippen LogP contribution is 2.49. The van der Waals surface area contributed by atoms with Crippen LogP contribution in [0.1, 0.15) is 17.8 Å². The Labute approximate surface area is 77.0 Å². The Bertz CT molecular complexity index is 321. The number of aromatic nitrogens is 1. The van der Waals surface area contributed by atoms with Crippen molar-refractivity contribution in [2.75, 3.05) is 0 Å². The fourth-order valence-corrected chi connectivity index (χ4v) is 2.38. The topological polar surface area (TPSA) is 36.7 Å². The molecule has 1 heterocycles. The van der Waals surface area contributed by atoms with Crippen molar-refractivity contribution < 1.29 is 0 Å². The zero-order valence-corrected chi connectivity index (χ0v) is 8.07. The molecular formula is C7H5BrN2S. The Morgan fingerprint density at radius 2 is 2.45 bits per heavy atom. The van der Waals surface area contributed by atoms with Crippen molar-refractivity contribution in [3.63, 3.8) is 0 Å². The molecule has 0 spiro atoms. The van der Waals surface area contributed by atoms with E-state index in [9.17, 15) is 0 Å². The molecule has 0 saturated heterocycles. The molecule has 0 aliphatic heterocycles. The number of nitriles is 1. The van der Waals surface area contributed by atoms with Gasteiger partial charge in [0.25, 0.3) is 0 Å². The van der Waals surface area contributed by atoms with Crippen LogP contribution in [0, 0.1) is 11.3 Å². The number of rotatable bonds is 1. The lowest BCUT2D eigenvalue weighted by molar-refractivity contribution is 0.890. The molecule has 1 fully saturated rings. The molecule has 0 aromatic carbocycles. The van der Waals surface area contributed by atoms with E-state index in [1.54, 1.807) is 17.5 Å². The maximum Gasteiger partial charge on any atom is 0.114 e. The number of hydrogen-bond donors (Lipinski definition) is 0. The summed E-state index contributed by atoms with van der Waals surface area (Å²) in [6.45, 7) is 0. The van der Waals surface area contributed by atoms with Crippen molar-refractivity contribution in [2.45, 2.75) is 18.3 Å². The summed E-state index contributed by atoms with van der Waals surface area (Å²) in [6, 6.07) is 2.31. The zero-order chi connectivity index (χ0) is 7.90. The van der Waals surface area contributed by atoms with E-state index in [2.05, 4.69) is 27.0 Å². The highest BCUT2D eigenvalue weighted by Gasteiger charge is 2.47. The number of thiazole rings is 1. The lowest BCUT2D eigenvalue weighted by atomic mass is 10.1. The van der Waals surface area contributed by atoms with Gasteiger partial charge in [0.15, 0.2) is 0 Å². The van der Waals surface area contributed by atoms with Crippen molar-refractivity contribution in [2.24, 2.45) is 0 Å². The van der Waals surface area contributed by atoms with Crippen LogP contribution in [-0.4, -0.2) is 4.98 Å². The molecule has 0 amide bonds. The average Bonchev–Trinajstić information content (AvgIpc) is 2.70. The monoisotopic (exact) mass is 228 g/mol. The van der Waals surface area contributed by atoms with Gasteiger partial charge in [0.1, 0.15) is 10.4 Å². The van der Waals surface area contributed by atoms with Crippen molar-refractivity contribution in [3.05, 3.63) is 15.0 Å². The van der Waals surface area contributed by atoms with E-state index < -0.39 is 0 Å². The van der Waals surface area contributed by atoms with Gasteiger partial charge in [0, 0.05) is 0 Å². The minimum atomic E-state index is -0.212. The highest BCUT2D eigenvalue weighted by molar-refractivity contribution is 9.11. The molecule has 1 aliphatic carbocycles. The van der Waals surface area contributed by atoms with Gasteiger partial charge in [-0.05, 0) is 28.8 Å². The minimum Gasteiger partial charge on any atom is -0.247 e. The first-order valence-electron chi connectivity index (χ1n) is 3.30. The summed E-state index contributed by atoms with van der Waals surface area (Å²) < 4.78 is 1.01. The second-order valence-corrected chi connectivity index (χ2v) is 5.07.